The van der Waals surface area contributed by atoms with E-state index in [1.807, 2.05) is 26.0 Å². The van der Waals surface area contributed by atoms with E-state index in [1.165, 1.54) is 12.8 Å². The molecule has 1 aromatic rings. The highest BCUT2D eigenvalue weighted by atomic mass is 79.9. The van der Waals surface area contributed by atoms with Crippen molar-refractivity contribution >= 4 is 21.8 Å². The first-order valence-corrected chi connectivity index (χ1v) is 8.30. The van der Waals surface area contributed by atoms with Crippen LogP contribution in [0.2, 0.25) is 0 Å². The standard InChI is InChI=1S/C16H23BrN2O2/c1-11(2)21-15-8-13(17)5-6-14(15)16(20)19-10-12-4-3-7-18-9-12/h5-6,8,11-12,18H,3-4,7,9-10H2,1-2H3,(H,19,20). The van der Waals surface area contributed by atoms with Gasteiger partial charge in [0.05, 0.1) is 11.7 Å². The fourth-order valence-electron chi connectivity index (χ4n) is 2.47. The van der Waals surface area contributed by atoms with E-state index in [0.29, 0.717) is 23.8 Å². The predicted octanol–water partition coefficient (Wildman–Crippen LogP) is 2.97. The number of carbonyl (C=O) groups is 1. The van der Waals surface area contributed by atoms with E-state index in [-0.39, 0.29) is 12.0 Å². The molecular formula is C16H23BrN2O2. The second kappa shape index (κ2) is 7.80. The van der Waals surface area contributed by atoms with Gasteiger partial charge in [0, 0.05) is 11.0 Å². The normalized spacial score (nSPS) is 18.6. The van der Waals surface area contributed by atoms with Crippen LogP contribution in [0, 0.1) is 5.92 Å². The molecule has 116 valence electrons. The number of piperidine rings is 1. The fourth-order valence-corrected chi connectivity index (χ4v) is 2.81. The molecule has 2 rings (SSSR count). The monoisotopic (exact) mass is 354 g/mol. The minimum Gasteiger partial charge on any atom is -0.490 e. The Hall–Kier alpha value is -1.07. The molecule has 1 aromatic carbocycles. The highest BCUT2D eigenvalue weighted by Crippen LogP contribution is 2.25. The van der Waals surface area contributed by atoms with Crippen molar-refractivity contribution in [3.8, 4) is 5.75 Å². The quantitative estimate of drug-likeness (QED) is 0.854. The van der Waals surface area contributed by atoms with Crippen LogP contribution in [0.15, 0.2) is 22.7 Å². The summed E-state index contributed by atoms with van der Waals surface area (Å²) in [6.45, 7) is 6.69. The predicted molar refractivity (Wildman–Crippen MR) is 87.8 cm³/mol. The highest BCUT2D eigenvalue weighted by molar-refractivity contribution is 9.10. The summed E-state index contributed by atoms with van der Waals surface area (Å²) < 4.78 is 6.64. The van der Waals surface area contributed by atoms with Crippen LogP contribution < -0.4 is 15.4 Å². The van der Waals surface area contributed by atoms with Crippen LogP contribution in [0.5, 0.6) is 5.75 Å². The second-order valence-electron chi connectivity index (χ2n) is 5.73. The van der Waals surface area contributed by atoms with E-state index in [2.05, 4.69) is 26.6 Å². The SMILES string of the molecule is CC(C)Oc1cc(Br)ccc1C(=O)NCC1CCCNC1. The van der Waals surface area contributed by atoms with Gasteiger partial charge in [0.25, 0.3) is 5.91 Å². The molecule has 0 spiro atoms. The number of benzene rings is 1. The molecule has 2 N–H and O–H groups in total. The topological polar surface area (TPSA) is 50.4 Å². The Morgan fingerprint density at radius 1 is 1.52 bits per heavy atom. The van der Waals surface area contributed by atoms with Crippen molar-refractivity contribution < 1.29 is 9.53 Å². The fraction of sp³-hybridized carbons (Fsp3) is 0.562. The van der Waals surface area contributed by atoms with Crippen LogP contribution >= 0.6 is 15.9 Å². The maximum atomic E-state index is 12.4. The average Bonchev–Trinajstić information content (AvgIpc) is 2.45. The molecule has 0 bridgehead atoms. The molecule has 1 saturated heterocycles. The van der Waals surface area contributed by atoms with Crippen molar-refractivity contribution in [2.24, 2.45) is 5.92 Å². The molecule has 0 aliphatic carbocycles. The van der Waals surface area contributed by atoms with Gasteiger partial charge in [0.1, 0.15) is 5.75 Å². The molecule has 1 unspecified atom stereocenters. The average molecular weight is 355 g/mol. The van der Waals surface area contributed by atoms with Gasteiger partial charge in [-0.25, -0.2) is 0 Å². The zero-order valence-electron chi connectivity index (χ0n) is 12.6. The number of hydrogen-bond acceptors (Lipinski definition) is 3. The second-order valence-corrected chi connectivity index (χ2v) is 6.65. The van der Waals surface area contributed by atoms with Crippen molar-refractivity contribution in [2.75, 3.05) is 19.6 Å². The van der Waals surface area contributed by atoms with Crippen LogP contribution in [0.1, 0.15) is 37.0 Å². The molecule has 21 heavy (non-hydrogen) atoms. The number of ether oxygens (including phenoxy) is 1. The summed E-state index contributed by atoms with van der Waals surface area (Å²) in [7, 11) is 0. The number of halogens is 1. The first-order valence-electron chi connectivity index (χ1n) is 7.51. The van der Waals surface area contributed by atoms with Gasteiger partial charge in [-0.2, -0.15) is 0 Å². The Bertz CT molecular complexity index is 485. The van der Waals surface area contributed by atoms with Crippen molar-refractivity contribution in [1.82, 2.24) is 10.6 Å². The molecule has 1 aliphatic rings. The molecular weight excluding hydrogens is 332 g/mol. The first-order chi connectivity index (χ1) is 10.1. The van der Waals surface area contributed by atoms with Crippen LogP contribution in [0.4, 0.5) is 0 Å². The van der Waals surface area contributed by atoms with E-state index in [1.54, 1.807) is 6.07 Å². The minimum atomic E-state index is -0.0660. The van der Waals surface area contributed by atoms with E-state index in [9.17, 15) is 4.79 Å². The number of amides is 1. The van der Waals surface area contributed by atoms with Gasteiger partial charge in [-0.3, -0.25) is 4.79 Å². The molecule has 0 saturated carbocycles. The lowest BCUT2D eigenvalue weighted by molar-refractivity contribution is 0.0939. The lowest BCUT2D eigenvalue weighted by Gasteiger charge is -2.23. The molecule has 1 amide bonds. The van der Waals surface area contributed by atoms with E-state index in [4.69, 9.17) is 4.74 Å². The van der Waals surface area contributed by atoms with Crippen molar-refractivity contribution in [1.29, 1.82) is 0 Å². The maximum Gasteiger partial charge on any atom is 0.255 e. The van der Waals surface area contributed by atoms with Crippen LogP contribution in [-0.4, -0.2) is 31.6 Å². The van der Waals surface area contributed by atoms with Gasteiger partial charge in [-0.05, 0) is 63.9 Å². The van der Waals surface area contributed by atoms with E-state index in [0.717, 1.165) is 17.6 Å². The zero-order chi connectivity index (χ0) is 15.2. The Morgan fingerprint density at radius 2 is 2.33 bits per heavy atom. The summed E-state index contributed by atoms with van der Waals surface area (Å²) >= 11 is 3.42. The van der Waals surface area contributed by atoms with Crippen LogP contribution in [0.3, 0.4) is 0 Å². The lowest BCUT2D eigenvalue weighted by Crippen LogP contribution is -2.38. The van der Waals surface area contributed by atoms with Gasteiger partial charge in [-0.15, -0.1) is 0 Å². The number of carbonyl (C=O) groups excluding carboxylic acids is 1. The van der Waals surface area contributed by atoms with Crippen LogP contribution in [-0.2, 0) is 0 Å². The highest BCUT2D eigenvalue weighted by Gasteiger charge is 2.17. The Morgan fingerprint density at radius 3 is 3.00 bits per heavy atom. The van der Waals surface area contributed by atoms with Gasteiger partial charge in [-0.1, -0.05) is 15.9 Å². The Labute approximate surface area is 134 Å². The number of hydrogen-bond donors (Lipinski definition) is 2. The molecule has 4 nitrogen and oxygen atoms in total. The molecule has 1 aliphatic heterocycles. The van der Waals surface area contributed by atoms with Crippen LogP contribution in [0.25, 0.3) is 0 Å². The molecule has 1 fully saturated rings. The van der Waals surface area contributed by atoms with Gasteiger partial charge in [0.2, 0.25) is 0 Å². The first kappa shape index (κ1) is 16.3. The largest absolute Gasteiger partial charge is 0.490 e. The summed E-state index contributed by atoms with van der Waals surface area (Å²) in [4.78, 5) is 12.4. The molecule has 1 atom stereocenters. The molecule has 0 aromatic heterocycles. The van der Waals surface area contributed by atoms with Crippen molar-refractivity contribution in [2.45, 2.75) is 32.8 Å². The Kier molecular flexibility index (Phi) is 6.06. The van der Waals surface area contributed by atoms with E-state index < -0.39 is 0 Å². The lowest BCUT2D eigenvalue weighted by atomic mass is 9.99. The molecule has 1 heterocycles. The Balaban J connectivity index is 2.00. The summed E-state index contributed by atoms with van der Waals surface area (Å²) in [6.07, 6.45) is 2.39. The van der Waals surface area contributed by atoms with E-state index >= 15 is 0 Å². The number of nitrogens with one attached hydrogen (secondary N) is 2. The summed E-state index contributed by atoms with van der Waals surface area (Å²) in [5.41, 5.74) is 0.593. The third-order valence-electron chi connectivity index (χ3n) is 3.50. The third-order valence-corrected chi connectivity index (χ3v) is 3.99. The van der Waals surface area contributed by atoms with Crippen molar-refractivity contribution in [3.05, 3.63) is 28.2 Å². The molecule has 0 radical (unpaired) electrons. The smallest absolute Gasteiger partial charge is 0.255 e. The summed E-state index contributed by atoms with van der Waals surface area (Å²) in [5.74, 6) is 1.08. The van der Waals surface area contributed by atoms with Gasteiger partial charge < -0.3 is 15.4 Å². The zero-order valence-corrected chi connectivity index (χ0v) is 14.2. The summed E-state index contributed by atoms with van der Waals surface area (Å²) in [6, 6.07) is 5.51. The van der Waals surface area contributed by atoms with Gasteiger partial charge in [0.15, 0.2) is 0 Å². The number of rotatable bonds is 5. The third kappa shape index (κ3) is 5.00. The molecule has 5 heteroatoms. The van der Waals surface area contributed by atoms with Gasteiger partial charge >= 0.3 is 0 Å². The maximum absolute atomic E-state index is 12.4. The van der Waals surface area contributed by atoms with Crippen molar-refractivity contribution in [3.63, 3.8) is 0 Å². The summed E-state index contributed by atoms with van der Waals surface area (Å²) in [5, 5.41) is 6.39. The minimum absolute atomic E-state index is 0.0356.